The van der Waals surface area contributed by atoms with E-state index in [1.54, 1.807) is 0 Å². The Morgan fingerprint density at radius 1 is 1.19 bits per heavy atom. The molecule has 9 heteroatoms. The van der Waals surface area contributed by atoms with Crippen molar-refractivity contribution < 1.29 is 23.9 Å². The first-order chi connectivity index (χ1) is 12.9. The zero-order valence-corrected chi connectivity index (χ0v) is 15.5. The van der Waals surface area contributed by atoms with Gasteiger partial charge < -0.3 is 21.1 Å². The Bertz CT molecular complexity index is 609. The van der Waals surface area contributed by atoms with Crippen molar-refractivity contribution in [3.05, 3.63) is 0 Å². The maximum absolute atomic E-state index is 12.5. The van der Waals surface area contributed by atoms with E-state index in [9.17, 15) is 19.2 Å². The first-order valence-corrected chi connectivity index (χ1v) is 9.79. The van der Waals surface area contributed by atoms with E-state index in [-0.39, 0.29) is 43.0 Å². The summed E-state index contributed by atoms with van der Waals surface area (Å²) in [6.07, 6.45) is 6.53. The minimum Gasteiger partial charge on any atom is -0.462 e. The summed E-state index contributed by atoms with van der Waals surface area (Å²) < 4.78 is 5.47. The predicted molar refractivity (Wildman–Crippen MR) is 95.5 cm³/mol. The quantitative estimate of drug-likeness (QED) is 0.470. The molecule has 0 radical (unpaired) electrons. The third-order valence-corrected chi connectivity index (χ3v) is 5.78. The molecule has 0 aromatic rings. The van der Waals surface area contributed by atoms with Crippen molar-refractivity contribution in [3.8, 4) is 0 Å². The van der Waals surface area contributed by atoms with Crippen molar-refractivity contribution in [2.75, 3.05) is 6.54 Å². The molecule has 150 valence electrons. The molecule has 1 saturated heterocycles. The van der Waals surface area contributed by atoms with Gasteiger partial charge in [-0.25, -0.2) is 9.59 Å². The topological polar surface area (TPSA) is 131 Å². The van der Waals surface area contributed by atoms with E-state index in [0.29, 0.717) is 32.1 Å². The zero-order chi connectivity index (χ0) is 19.4. The van der Waals surface area contributed by atoms with Crippen LogP contribution in [0.4, 0.5) is 9.59 Å². The van der Waals surface area contributed by atoms with Crippen molar-refractivity contribution in [3.63, 3.8) is 0 Å². The van der Waals surface area contributed by atoms with Crippen molar-refractivity contribution in [2.24, 2.45) is 5.73 Å². The number of esters is 1. The average molecular weight is 380 g/mol. The molecule has 3 aliphatic rings. The van der Waals surface area contributed by atoms with E-state index in [1.807, 2.05) is 0 Å². The van der Waals surface area contributed by atoms with E-state index in [0.717, 1.165) is 25.7 Å². The second-order valence-corrected chi connectivity index (χ2v) is 7.75. The van der Waals surface area contributed by atoms with Crippen LogP contribution in [-0.2, 0) is 14.3 Å². The number of hydrogen-bond donors (Lipinski definition) is 3. The van der Waals surface area contributed by atoms with Gasteiger partial charge in [-0.15, -0.1) is 0 Å². The Morgan fingerprint density at radius 2 is 1.85 bits per heavy atom. The fraction of sp³-hybridized carbons (Fsp3) is 0.778. The molecule has 1 heterocycles. The molecule has 9 nitrogen and oxygen atoms in total. The van der Waals surface area contributed by atoms with Crippen molar-refractivity contribution >= 4 is 23.9 Å². The summed E-state index contributed by atoms with van der Waals surface area (Å²) in [5, 5.41) is 5.51. The first kappa shape index (κ1) is 19.4. The number of carbonyl (C=O) groups is 4. The molecule has 3 fully saturated rings. The Labute approximate surface area is 158 Å². The van der Waals surface area contributed by atoms with Crippen molar-refractivity contribution in [2.45, 2.75) is 81.9 Å². The summed E-state index contributed by atoms with van der Waals surface area (Å²) in [4.78, 5) is 48.7. The number of nitrogens with two attached hydrogens (primary N) is 1. The standard InChI is InChI=1S/C18H28N4O5/c19-16(25)20-12-5-7-13(8-6-12)27-14(23)4-3-11-22-15(24)18(21-17(22)26)9-1-2-10-18/h12-13H,1-11H2,(H,21,26)(H3,19,20,25). The molecule has 3 rings (SSSR count). The molecule has 0 atom stereocenters. The molecule has 27 heavy (non-hydrogen) atoms. The SMILES string of the molecule is NC(=O)NC1CCC(OC(=O)CCCN2C(=O)NC3(CCCC3)C2=O)CC1. The highest BCUT2D eigenvalue weighted by molar-refractivity contribution is 6.07. The fourth-order valence-electron chi connectivity index (χ4n) is 4.35. The van der Waals surface area contributed by atoms with Gasteiger partial charge in [-0.2, -0.15) is 0 Å². The number of hydrogen-bond acceptors (Lipinski definition) is 5. The summed E-state index contributed by atoms with van der Waals surface area (Å²) in [6, 6.07) is -0.842. The molecular formula is C18H28N4O5. The lowest BCUT2D eigenvalue weighted by Gasteiger charge is -2.28. The molecular weight excluding hydrogens is 352 g/mol. The van der Waals surface area contributed by atoms with Crippen LogP contribution in [0.15, 0.2) is 0 Å². The highest BCUT2D eigenvalue weighted by Crippen LogP contribution is 2.35. The molecule has 1 spiro atoms. The average Bonchev–Trinajstić information content (AvgIpc) is 3.17. The van der Waals surface area contributed by atoms with E-state index < -0.39 is 11.6 Å². The molecule has 0 bridgehead atoms. The maximum atomic E-state index is 12.5. The van der Waals surface area contributed by atoms with Gasteiger partial charge in [0, 0.05) is 19.0 Å². The second kappa shape index (κ2) is 8.14. The number of urea groups is 2. The Kier molecular flexibility index (Phi) is 5.86. The normalized spacial score (nSPS) is 26.9. The number of amides is 5. The van der Waals surface area contributed by atoms with Gasteiger partial charge in [-0.3, -0.25) is 14.5 Å². The van der Waals surface area contributed by atoms with Gasteiger partial charge in [0.1, 0.15) is 11.6 Å². The minimum atomic E-state index is -0.699. The molecule has 0 aromatic carbocycles. The van der Waals surface area contributed by atoms with Gasteiger partial charge in [0.15, 0.2) is 0 Å². The number of carbonyl (C=O) groups excluding carboxylic acids is 4. The van der Waals surface area contributed by atoms with E-state index in [4.69, 9.17) is 10.5 Å². The number of nitrogens with zero attached hydrogens (tertiary/aromatic N) is 1. The Morgan fingerprint density at radius 3 is 2.48 bits per heavy atom. The largest absolute Gasteiger partial charge is 0.462 e. The Balaban J connectivity index is 1.36. The third-order valence-electron chi connectivity index (χ3n) is 5.78. The molecule has 1 aliphatic heterocycles. The lowest BCUT2D eigenvalue weighted by molar-refractivity contribution is -0.151. The molecule has 5 amide bonds. The van der Waals surface area contributed by atoms with E-state index in [1.165, 1.54) is 4.90 Å². The van der Waals surface area contributed by atoms with Gasteiger partial charge in [-0.1, -0.05) is 12.8 Å². The highest BCUT2D eigenvalue weighted by Gasteiger charge is 2.52. The summed E-state index contributed by atoms with van der Waals surface area (Å²) >= 11 is 0. The third kappa shape index (κ3) is 4.51. The van der Waals surface area contributed by atoms with Crippen LogP contribution in [-0.4, -0.2) is 53.1 Å². The van der Waals surface area contributed by atoms with Crippen LogP contribution in [0, 0.1) is 0 Å². The van der Waals surface area contributed by atoms with Crippen LogP contribution in [0.2, 0.25) is 0 Å². The number of imide groups is 1. The number of primary amides is 1. The monoisotopic (exact) mass is 380 g/mol. The first-order valence-electron chi connectivity index (χ1n) is 9.79. The minimum absolute atomic E-state index is 0.0417. The van der Waals surface area contributed by atoms with Gasteiger partial charge in [0.2, 0.25) is 0 Å². The lowest BCUT2D eigenvalue weighted by atomic mass is 9.93. The molecule has 2 aliphatic carbocycles. The van der Waals surface area contributed by atoms with Gasteiger partial charge in [0.25, 0.3) is 5.91 Å². The summed E-state index contributed by atoms with van der Waals surface area (Å²) in [7, 11) is 0. The summed E-state index contributed by atoms with van der Waals surface area (Å²) in [5.74, 6) is -0.470. The molecule has 2 saturated carbocycles. The maximum Gasteiger partial charge on any atom is 0.325 e. The van der Waals surface area contributed by atoms with Crippen LogP contribution in [0.1, 0.15) is 64.2 Å². The smallest absolute Gasteiger partial charge is 0.325 e. The highest BCUT2D eigenvalue weighted by atomic mass is 16.5. The number of ether oxygens (including phenoxy) is 1. The van der Waals surface area contributed by atoms with E-state index in [2.05, 4.69) is 10.6 Å². The Hall–Kier alpha value is -2.32. The van der Waals surface area contributed by atoms with Crippen molar-refractivity contribution in [1.29, 1.82) is 0 Å². The predicted octanol–water partition coefficient (Wildman–Crippen LogP) is 1.15. The molecule has 0 unspecified atom stereocenters. The van der Waals surface area contributed by atoms with Gasteiger partial charge in [-0.05, 0) is 44.9 Å². The van der Waals surface area contributed by atoms with Crippen LogP contribution in [0.3, 0.4) is 0 Å². The van der Waals surface area contributed by atoms with Crippen LogP contribution in [0.25, 0.3) is 0 Å². The zero-order valence-electron chi connectivity index (χ0n) is 15.5. The number of nitrogens with one attached hydrogen (secondary N) is 2. The van der Waals surface area contributed by atoms with Crippen LogP contribution >= 0.6 is 0 Å². The van der Waals surface area contributed by atoms with Crippen molar-refractivity contribution in [1.82, 2.24) is 15.5 Å². The second-order valence-electron chi connectivity index (χ2n) is 7.75. The molecule has 0 aromatic heterocycles. The lowest BCUT2D eigenvalue weighted by Crippen LogP contribution is -2.44. The van der Waals surface area contributed by atoms with Gasteiger partial charge >= 0.3 is 18.0 Å². The molecule has 4 N–H and O–H groups in total. The van der Waals surface area contributed by atoms with E-state index >= 15 is 0 Å². The summed E-state index contributed by atoms with van der Waals surface area (Å²) in [5.41, 5.74) is 4.41. The fourth-order valence-corrected chi connectivity index (χ4v) is 4.35. The van der Waals surface area contributed by atoms with Crippen LogP contribution < -0.4 is 16.4 Å². The van der Waals surface area contributed by atoms with Gasteiger partial charge in [0.05, 0.1) is 0 Å². The summed E-state index contributed by atoms with van der Waals surface area (Å²) in [6.45, 7) is 0.233. The van der Waals surface area contributed by atoms with Crippen LogP contribution in [0.5, 0.6) is 0 Å². The number of rotatable bonds is 6.